The zero-order chi connectivity index (χ0) is 16.3. The topological polar surface area (TPSA) is 115 Å². The number of phenols is 2. The van der Waals surface area contributed by atoms with Crippen LogP contribution in [0.4, 0.5) is 0 Å². The quantitative estimate of drug-likeness (QED) is 0.629. The molecule has 6 nitrogen and oxygen atoms in total. The minimum atomic E-state index is -1.24. The fourth-order valence-electron chi connectivity index (χ4n) is 1.72. The van der Waals surface area contributed by atoms with Crippen LogP contribution >= 0.6 is 0 Å². The predicted octanol–water partition coefficient (Wildman–Crippen LogP) is 1.89. The summed E-state index contributed by atoms with van der Waals surface area (Å²) in [4.78, 5) is 21.5. The number of benzene rings is 2. The van der Waals surface area contributed by atoms with Gasteiger partial charge in [0.15, 0.2) is 0 Å². The Morgan fingerprint density at radius 3 is 1.36 bits per heavy atom. The van der Waals surface area contributed by atoms with Gasteiger partial charge in [0.1, 0.15) is 22.6 Å². The van der Waals surface area contributed by atoms with Crippen LogP contribution in [0, 0.1) is 11.8 Å². The number of aromatic hydroxyl groups is 2. The molecule has 2 rings (SSSR count). The molecular formula is C16H10O6. The normalized spacial score (nSPS) is 9.64. The van der Waals surface area contributed by atoms with Crippen molar-refractivity contribution in [1.29, 1.82) is 0 Å². The predicted molar refractivity (Wildman–Crippen MR) is 76.1 cm³/mol. The molecule has 0 saturated heterocycles. The molecule has 0 fully saturated rings. The van der Waals surface area contributed by atoms with Gasteiger partial charge in [-0.25, -0.2) is 9.59 Å². The van der Waals surface area contributed by atoms with Gasteiger partial charge in [0, 0.05) is 11.1 Å². The third kappa shape index (κ3) is 3.16. The van der Waals surface area contributed by atoms with E-state index in [2.05, 4.69) is 11.8 Å². The van der Waals surface area contributed by atoms with Crippen LogP contribution in [-0.4, -0.2) is 32.4 Å². The van der Waals surface area contributed by atoms with Crippen molar-refractivity contribution in [2.45, 2.75) is 0 Å². The van der Waals surface area contributed by atoms with Crippen LogP contribution in [0.3, 0.4) is 0 Å². The van der Waals surface area contributed by atoms with Gasteiger partial charge < -0.3 is 20.4 Å². The molecule has 0 spiro atoms. The fourth-order valence-corrected chi connectivity index (χ4v) is 1.72. The Balaban J connectivity index is 2.31. The van der Waals surface area contributed by atoms with Crippen LogP contribution in [-0.2, 0) is 0 Å². The van der Waals surface area contributed by atoms with Gasteiger partial charge in [0.2, 0.25) is 0 Å². The summed E-state index contributed by atoms with van der Waals surface area (Å²) < 4.78 is 0. The molecule has 0 unspecified atom stereocenters. The van der Waals surface area contributed by atoms with Gasteiger partial charge in [-0.2, -0.15) is 0 Å². The second-order valence-corrected chi connectivity index (χ2v) is 4.32. The first-order valence-corrected chi connectivity index (χ1v) is 6.03. The van der Waals surface area contributed by atoms with E-state index < -0.39 is 23.4 Å². The second kappa shape index (κ2) is 5.89. The number of aromatic carboxylic acids is 2. The van der Waals surface area contributed by atoms with Crippen LogP contribution in [0.15, 0.2) is 36.4 Å². The van der Waals surface area contributed by atoms with Crippen molar-refractivity contribution in [3.05, 3.63) is 58.7 Å². The highest BCUT2D eigenvalue weighted by molar-refractivity contribution is 5.91. The van der Waals surface area contributed by atoms with Gasteiger partial charge in [-0.1, -0.05) is 11.8 Å². The third-order valence-electron chi connectivity index (χ3n) is 2.81. The number of rotatable bonds is 2. The lowest BCUT2D eigenvalue weighted by atomic mass is 10.1. The van der Waals surface area contributed by atoms with Gasteiger partial charge in [0.25, 0.3) is 0 Å². The van der Waals surface area contributed by atoms with E-state index in [1.165, 1.54) is 36.4 Å². The molecular weight excluding hydrogens is 288 g/mol. The molecule has 22 heavy (non-hydrogen) atoms. The number of hydrogen-bond donors (Lipinski definition) is 4. The van der Waals surface area contributed by atoms with Gasteiger partial charge in [-0.3, -0.25) is 0 Å². The first-order valence-electron chi connectivity index (χ1n) is 6.03. The Bertz CT molecular complexity index is 759. The van der Waals surface area contributed by atoms with E-state index in [1.807, 2.05) is 0 Å². The summed E-state index contributed by atoms with van der Waals surface area (Å²) in [6, 6.07) is 7.74. The maximum atomic E-state index is 10.8. The maximum absolute atomic E-state index is 10.8. The fraction of sp³-hybridized carbons (Fsp3) is 0. The summed E-state index contributed by atoms with van der Waals surface area (Å²) in [6.45, 7) is 0. The smallest absolute Gasteiger partial charge is 0.339 e. The van der Waals surface area contributed by atoms with Crippen LogP contribution in [0.5, 0.6) is 11.5 Å². The molecule has 6 heteroatoms. The molecule has 0 bridgehead atoms. The Morgan fingerprint density at radius 2 is 1.09 bits per heavy atom. The largest absolute Gasteiger partial charge is 0.507 e. The Hall–Kier alpha value is -3.46. The Kier molecular flexibility index (Phi) is 4.00. The number of carbonyl (C=O) groups is 2. The summed E-state index contributed by atoms with van der Waals surface area (Å²) in [5, 5.41) is 36.7. The zero-order valence-corrected chi connectivity index (χ0v) is 11.1. The van der Waals surface area contributed by atoms with E-state index in [9.17, 15) is 19.8 Å². The minimum absolute atomic E-state index is 0.228. The molecule has 0 aromatic heterocycles. The zero-order valence-electron chi connectivity index (χ0n) is 11.1. The molecule has 0 aliphatic heterocycles. The Morgan fingerprint density at radius 1 is 0.727 bits per heavy atom. The SMILES string of the molecule is O=C(O)c1ccc(C#Cc2ccc(C(=O)O)c(O)c2)cc1O. The molecule has 110 valence electrons. The molecule has 0 aliphatic carbocycles. The van der Waals surface area contributed by atoms with Gasteiger partial charge >= 0.3 is 11.9 Å². The summed E-state index contributed by atoms with van der Waals surface area (Å²) in [5.74, 6) is 2.08. The molecule has 0 atom stereocenters. The first-order chi connectivity index (χ1) is 10.4. The van der Waals surface area contributed by atoms with E-state index in [0.29, 0.717) is 11.1 Å². The van der Waals surface area contributed by atoms with Crippen molar-refractivity contribution in [1.82, 2.24) is 0 Å². The standard InChI is InChI=1S/C16H10O6/c17-13-7-9(3-5-11(13)15(19)20)1-2-10-4-6-12(16(21)22)14(18)8-10/h3-8,17-18H,(H,19,20)(H,21,22). The minimum Gasteiger partial charge on any atom is -0.507 e. The molecule has 2 aromatic rings. The van der Waals surface area contributed by atoms with E-state index in [-0.39, 0.29) is 11.1 Å². The van der Waals surface area contributed by atoms with Gasteiger partial charge in [-0.15, -0.1) is 0 Å². The molecule has 0 heterocycles. The molecule has 0 saturated carbocycles. The number of hydrogen-bond acceptors (Lipinski definition) is 4. The lowest BCUT2D eigenvalue weighted by Crippen LogP contribution is -1.97. The highest BCUT2D eigenvalue weighted by Crippen LogP contribution is 2.20. The van der Waals surface area contributed by atoms with Gasteiger partial charge in [0.05, 0.1) is 0 Å². The summed E-state index contributed by atoms with van der Waals surface area (Å²) in [6.07, 6.45) is 0. The van der Waals surface area contributed by atoms with Crippen molar-refractivity contribution in [3.63, 3.8) is 0 Å². The van der Waals surface area contributed by atoms with Crippen molar-refractivity contribution in [2.75, 3.05) is 0 Å². The summed E-state index contributed by atoms with van der Waals surface area (Å²) in [5.41, 5.74) is 0.302. The van der Waals surface area contributed by atoms with Crippen molar-refractivity contribution in [3.8, 4) is 23.3 Å². The number of carboxylic acid groups (broad SMARTS) is 2. The highest BCUT2D eigenvalue weighted by atomic mass is 16.4. The third-order valence-corrected chi connectivity index (χ3v) is 2.81. The molecule has 0 amide bonds. The molecule has 2 aromatic carbocycles. The highest BCUT2D eigenvalue weighted by Gasteiger charge is 2.10. The molecule has 0 radical (unpaired) electrons. The second-order valence-electron chi connectivity index (χ2n) is 4.32. The summed E-state index contributed by atoms with van der Waals surface area (Å²) >= 11 is 0. The average Bonchev–Trinajstić information content (AvgIpc) is 2.44. The van der Waals surface area contributed by atoms with E-state index in [1.54, 1.807) is 0 Å². The van der Waals surface area contributed by atoms with Crippen molar-refractivity contribution in [2.24, 2.45) is 0 Å². The first kappa shape index (κ1) is 14.9. The number of carboxylic acids is 2. The molecule has 4 N–H and O–H groups in total. The van der Waals surface area contributed by atoms with E-state index in [0.717, 1.165) is 0 Å². The molecule has 0 aliphatic rings. The monoisotopic (exact) mass is 298 g/mol. The van der Waals surface area contributed by atoms with E-state index in [4.69, 9.17) is 10.2 Å². The van der Waals surface area contributed by atoms with Crippen LogP contribution in [0.25, 0.3) is 0 Å². The van der Waals surface area contributed by atoms with Crippen LogP contribution in [0.2, 0.25) is 0 Å². The van der Waals surface area contributed by atoms with E-state index >= 15 is 0 Å². The summed E-state index contributed by atoms with van der Waals surface area (Å²) in [7, 11) is 0. The van der Waals surface area contributed by atoms with Gasteiger partial charge in [-0.05, 0) is 36.4 Å². The van der Waals surface area contributed by atoms with Crippen molar-refractivity contribution < 1.29 is 30.0 Å². The Labute approximate surface area is 124 Å². The van der Waals surface area contributed by atoms with Crippen LogP contribution in [0.1, 0.15) is 31.8 Å². The lowest BCUT2D eigenvalue weighted by molar-refractivity contribution is 0.0682. The average molecular weight is 298 g/mol. The lowest BCUT2D eigenvalue weighted by Gasteiger charge is -2.00. The van der Waals surface area contributed by atoms with Crippen molar-refractivity contribution >= 4 is 11.9 Å². The maximum Gasteiger partial charge on any atom is 0.339 e. The van der Waals surface area contributed by atoms with Crippen LogP contribution < -0.4 is 0 Å².